The Balaban J connectivity index is 2.93. The average molecular weight is 155 g/mol. The first kappa shape index (κ1) is 8.01. The fraction of sp³-hybridized carbons (Fsp3) is 0.250. The molecule has 0 aliphatic rings. The molecule has 0 amide bonds. The van der Waals surface area contributed by atoms with Crippen molar-refractivity contribution in [3.05, 3.63) is 29.6 Å². The third-order valence-corrected chi connectivity index (χ3v) is 1.39. The molecule has 2 N–H and O–H groups in total. The summed E-state index contributed by atoms with van der Waals surface area (Å²) in [5, 5.41) is 11.0. The Morgan fingerprint density at radius 2 is 2.27 bits per heavy atom. The van der Waals surface area contributed by atoms with Crippen molar-refractivity contribution < 1.29 is 9.50 Å². The summed E-state index contributed by atoms with van der Waals surface area (Å²) >= 11 is 0. The third kappa shape index (κ3) is 1.91. The number of benzene rings is 1. The fourth-order valence-electron chi connectivity index (χ4n) is 0.860. The number of hydrogen-bond donors (Lipinski definition) is 2. The number of aliphatic hydroxyl groups is 1. The molecule has 0 saturated carbocycles. The topological polar surface area (TPSA) is 32.3 Å². The zero-order chi connectivity index (χ0) is 8.27. The molecule has 0 atom stereocenters. The van der Waals surface area contributed by atoms with E-state index in [1.54, 1.807) is 12.1 Å². The van der Waals surface area contributed by atoms with E-state index in [1.807, 2.05) is 6.92 Å². The van der Waals surface area contributed by atoms with E-state index in [1.165, 1.54) is 6.07 Å². The Morgan fingerprint density at radius 1 is 1.55 bits per heavy atom. The van der Waals surface area contributed by atoms with Gasteiger partial charge in [0.15, 0.2) is 0 Å². The zero-order valence-electron chi connectivity index (χ0n) is 6.26. The van der Waals surface area contributed by atoms with Crippen molar-refractivity contribution in [3.63, 3.8) is 0 Å². The number of anilines is 1. The normalized spacial score (nSPS) is 9.73. The predicted molar refractivity (Wildman–Crippen MR) is 41.8 cm³/mol. The quantitative estimate of drug-likeness (QED) is 0.634. The molecule has 1 aromatic rings. The van der Waals surface area contributed by atoms with Crippen LogP contribution in [0.2, 0.25) is 0 Å². The first-order valence-corrected chi connectivity index (χ1v) is 3.35. The van der Waals surface area contributed by atoms with E-state index in [4.69, 9.17) is 5.11 Å². The van der Waals surface area contributed by atoms with Gasteiger partial charge in [0.05, 0.1) is 5.69 Å². The number of rotatable bonds is 2. The monoisotopic (exact) mass is 155 g/mol. The predicted octanol–water partition coefficient (Wildman–Crippen LogP) is 1.50. The van der Waals surface area contributed by atoms with Crippen molar-refractivity contribution in [3.8, 4) is 0 Å². The van der Waals surface area contributed by atoms with Crippen LogP contribution in [-0.2, 0) is 0 Å². The SMILES string of the molecule is Cc1ccc(F)c(NCO)c1. The molecule has 0 fully saturated rings. The lowest BCUT2D eigenvalue weighted by Gasteiger charge is -2.04. The van der Waals surface area contributed by atoms with Crippen LogP contribution in [0.15, 0.2) is 18.2 Å². The molecule has 0 spiro atoms. The molecule has 0 bridgehead atoms. The number of aliphatic hydroxyl groups excluding tert-OH is 1. The van der Waals surface area contributed by atoms with Crippen LogP contribution in [0.5, 0.6) is 0 Å². The largest absolute Gasteiger partial charge is 0.377 e. The van der Waals surface area contributed by atoms with Gasteiger partial charge in [-0.25, -0.2) is 4.39 Å². The lowest BCUT2D eigenvalue weighted by atomic mass is 10.2. The number of halogens is 1. The number of hydrogen-bond acceptors (Lipinski definition) is 2. The smallest absolute Gasteiger partial charge is 0.146 e. The molecule has 60 valence electrons. The van der Waals surface area contributed by atoms with E-state index in [2.05, 4.69) is 5.32 Å². The molecule has 0 aromatic heterocycles. The highest BCUT2D eigenvalue weighted by Gasteiger charge is 1.98. The van der Waals surface area contributed by atoms with Gasteiger partial charge in [-0.2, -0.15) is 0 Å². The van der Waals surface area contributed by atoms with Gasteiger partial charge in [-0.15, -0.1) is 0 Å². The average Bonchev–Trinajstić information content (AvgIpc) is 1.98. The molecule has 2 nitrogen and oxygen atoms in total. The van der Waals surface area contributed by atoms with Crippen LogP contribution in [0.25, 0.3) is 0 Å². The molecule has 0 heterocycles. The molecular weight excluding hydrogens is 145 g/mol. The van der Waals surface area contributed by atoms with Crippen molar-refractivity contribution in [1.29, 1.82) is 0 Å². The fourth-order valence-corrected chi connectivity index (χ4v) is 0.860. The van der Waals surface area contributed by atoms with E-state index < -0.39 is 0 Å². The Morgan fingerprint density at radius 3 is 2.91 bits per heavy atom. The van der Waals surface area contributed by atoms with Crippen LogP contribution in [0.4, 0.5) is 10.1 Å². The third-order valence-electron chi connectivity index (χ3n) is 1.39. The molecule has 1 rings (SSSR count). The molecule has 0 aliphatic heterocycles. The highest BCUT2D eigenvalue weighted by Crippen LogP contribution is 2.14. The van der Waals surface area contributed by atoms with Gasteiger partial charge in [0.1, 0.15) is 12.5 Å². The van der Waals surface area contributed by atoms with Gasteiger partial charge < -0.3 is 10.4 Å². The second-order valence-corrected chi connectivity index (χ2v) is 2.32. The van der Waals surface area contributed by atoms with Crippen LogP contribution in [-0.4, -0.2) is 11.8 Å². The molecule has 1 aromatic carbocycles. The minimum Gasteiger partial charge on any atom is -0.377 e. The second-order valence-electron chi connectivity index (χ2n) is 2.32. The minimum absolute atomic E-state index is 0.250. The van der Waals surface area contributed by atoms with Gasteiger partial charge in [0.25, 0.3) is 0 Å². The molecule has 0 unspecified atom stereocenters. The van der Waals surface area contributed by atoms with Crippen molar-refractivity contribution in [2.45, 2.75) is 6.92 Å². The van der Waals surface area contributed by atoms with Crippen LogP contribution < -0.4 is 5.32 Å². The second kappa shape index (κ2) is 3.34. The summed E-state index contributed by atoms with van der Waals surface area (Å²) < 4.78 is 12.8. The molecule has 0 saturated heterocycles. The van der Waals surface area contributed by atoms with Gasteiger partial charge >= 0.3 is 0 Å². The van der Waals surface area contributed by atoms with E-state index in [0.29, 0.717) is 5.69 Å². The van der Waals surface area contributed by atoms with E-state index in [9.17, 15) is 4.39 Å². The maximum Gasteiger partial charge on any atom is 0.146 e. The molecule has 0 aliphatic carbocycles. The summed E-state index contributed by atoms with van der Waals surface area (Å²) in [4.78, 5) is 0. The maximum absolute atomic E-state index is 12.8. The van der Waals surface area contributed by atoms with E-state index in [-0.39, 0.29) is 12.5 Å². The summed E-state index contributed by atoms with van der Waals surface area (Å²) in [5.41, 5.74) is 1.30. The highest BCUT2D eigenvalue weighted by molar-refractivity contribution is 5.46. The standard InChI is InChI=1S/C8H10FNO/c1-6-2-3-7(9)8(4-6)10-5-11/h2-4,10-11H,5H2,1H3. The first-order chi connectivity index (χ1) is 5.24. The lowest BCUT2D eigenvalue weighted by molar-refractivity contribution is 0.325. The van der Waals surface area contributed by atoms with Gasteiger partial charge in [-0.1, -0.05) is 6.07 Å². The van der Waals surface area contributed by atoms with Gasteiger partial charge in [0.2, 0.25) is 0 Å². The summed E-state index contributed by atoms with van der Waals surface area (Å²) in [6.45, 7) is 1.61. The zero-order valence-corrected chi connectivity index (χ0v) is 6.26. The van der Waals surface area contributed by atoms with E-state index in [0.717, 1.165) is 5.56 Å². The van der Waals surface area contributed by atoms with Crippen LogP contribution in [0.1, 0.15) is 5.56 Å². The van der Waals surface area contributed by atoms with Gasteiger partial charge in [0, 0.05) is 0 Å². The maximum atomic E-state index is 12.8. The summed E-state index contributed by atoms with van der Waals surface area (Å²) in [7, 11) is 0. The van der Waals surface area contributed by atoms with Gasteiger partial charge in [-0.05, 0) is 24.6 Å². The van der Waals surface area contributed by atoms with Crippen LogP contribution in [0, 0.1) is 12.7 Å². The van der Waals surface area contributed by atoms with E-state index >= 15 is 0 Å². The lowest BCUT2D eigenvalue weighted by Crippen LogP contribution is -2.01. The van der Waals surface area contributed by atoms with Crippen molar-refractivity contribution in [1.82, 2.24) is 0 Å². The Labute approximate surface area is 64.7 Å². The minimum atomic E-state index is -0.343. The Hall–Kier alpha value is -1.09. The number of nitrogens with one attached hydrogen (secondary N) is 1. The summed E-state index contributed by atoms with van der Waals surface area (Å²) in [6.07, 6.45) is 0. The van der Waals surface area contributed by atoms with Gasteiger partial charge in [-0.3, -0.25) is 0 Å². The van der Waals surface area contributed by atoms with Crippen molar-refractivity contribution in [2.24, 2.45) is 0 Å². The Kier molecular flexibility index (Phi) is 2.44. The molecule has 3 heteroatoms. The van der Waals surface area contributed by atoms with Crippen LogP contribution >= 0.6 is 0 Å². The number of aryl methyl sites for hydroxylation is 1. The summed E-state index contributed by atoms with van der Waals surface area (Å²) in [5.74, 6) is -0.343. The Bertz CT molecular complexity index is 250. The van der Waals surface area contributed by atoms with Crippen LogP contribution in [0.3, 0.4) is 0 Å². The first-order valence-electron chi connectivity index (χ1n) is 3.35. The molecular formula is C8H10FNO. The summed E-state index contributed by atoms with van der Waals surface area (Å²) in [6, 6.07) is 4.69. The molecule has 0 radical (unpaired) electrons. The van der Waals surface area contributed by atoms with Crippen molar-refractivity contribution in [2.75, 3.05) is 12.0 Å². The van der Waals surface area contributed by atoms with Crippen molar-refractivity contribution >= 4 is 5.69 Å². The highest BCUT2D eigenvalue weighted by atomic mass is 19.1. The molecule has 11 heavy (non-hydrogen) atoms.